The molecule has 0 saturated carbocycles. The Labute approximate surface area is 141 Å². The maximum Gasteiger partial charge on any atom is 0.0650 e. The van der Waals surface area contributed by atoms with Gasteiger partial charge in [-0.05, 0) is 58.7 Å². The van der Waals surface area contributed by atoms with Gasteiger partial charge in [-0.1, -0.05) is 59.3 Å². The third kappa shape index (κ3) is 9.84. The molecule has 0 aliphatic heterocycles. The topological polar surface area (TPSA) is 12.5 Å². The van der Waals surface area contributed by atoms with E-state index in [1.807, 2.05) is 7.11 Å². The van der Waals surface area contributed by atoms with Gasteiger partial charge in [0, 0.05) is 7.11 Å². The molecular formula is C20H43NO. The van der Waals surface area contributed by atoms with E-state index in [1.54, 1.807) is 0 Å². The van der Waals surface area contributed by atoms with Gasteiger partial charge in [0.15, 0.2) is 0 Å². The Morgan fingerprint density at radius 2 is 1.36 bits per heavy atom. The maximum absolute atomic E-state index is 5.79. The first-order chi connectivity index (χ1) is 10.5. The Balaban J connectivity index is 4.11. The predicted octanol–water partition coefficient (Wildman–Crippen LogP) is 5.90. The zero-order chi connectivity index (χ0) is 16.8. The summed E-state index contributed by atoms with van der Waals surface area (Å²) in [7, 11) is 1.87. The fourth-order valence-corrected chi connectivity index (χ4v) is 3.28. The van der Waals surface area contributed by atoms with Crippen LogP contribution in [0.15, 0.2) is 0 Å². The molecule has 0 heterocycles. The Morgan fingerprint density at radius 1 is 0.818 bits per heavy atom. The van der Waals surface area contributed by atoms with Gasteiger partial charge in [0.1, 0.15) is 0 Å². The zero-order valence-electron chi connectivity index (χ0n) is 16.4. The largest absolute Gasteiger partial charge is 0.379 e. The molecule has 2 nitrogen and oxygen atoms in total. The van der Waals surface area contributed by atoms with Crippen molar-refractivity contribution in [3.63, 3.8) is 0 Å². The molecule has 0 aromatic heterocycles. The highest BCUT2D eigenvalue weighted by Gasteiger charge is 2.28. The van der Waals surface area contributed by atoms with Gasteiger partial charge in [0.05, 0.1) is 5.60 Å². The Hall–Kier alpha value is -0.0800. The Morgan fingerprint density at radius 3 is 1.91 bits per heavy atom. The highest BCUT2D eigenvalue weighted by molar-refractivity contribution is 4.79. The fourth-order valence-electron chi connectivity index (χ4n) is 3.28. The minimum atomic E-state index is 0.0205. The van der Waals surface area contributed by atoms with Crippen molar-refractivity contribution in [2.45, 2.75) is 98.0 Å². The SMILES string of the molecule is CCCCCCCCC(CCCN(CC)CC)C(C)(C)OC. The van der Waals surface area contributed by atoms with Gasteiger partial charge in [-0.15, -0.1) is 0 Å². The molecule has 1 atom stereocenters. The van der Waals surface area contributed by atoms with Gasteiger partial charge in [-0.3, -0.25) is 0 Å². The first-order valence-electron chi connectivity index (χ1n) is 9.79. The van der Waals surface area contributed by atoms with Gasteiger partial charge in [0.2, 0.25) is 0 Å². The smallest absolute Gasteiger partial charge is 0.0650 e. The summed E-state index contributed by atoms with van der Waals surface area (Å²) in [6.07, 6.45) is 12.2. The zero-order valence-corrected chi connectivity index (χ0v) is 16.4. The van der Waals surface area contributed by atoms with E-state index in [4.69, 9.17) is 4.74 Å². The lowest BCUT2D eigenvalue weighted by atomic mass is 9.82. The first-order valence-corrected chi connectivity index (χ1v) is 9.79. The predicted molar refractivity (Wildman–Crippen MR) is 99.6 cm³/mol. The second-order valence-corrected chi connectivity index (χ2v) is 7.23. The van der Waals surface area contributed by atoms with Gasteiger partial charge in [-0.2, -0.15) is 0 Å². The monoisotopic (exact) mass is 313 g/mol. The average molecular weight is 314 g/mol. The number of hydrogen-bond donors (Lipinski definition) is 0. The van der Waals surface area contributed by atoms with Gasteiger partial charge in [-0.25, -0.2) is 0 Å². The van der Waals surface area contributed by atoms with Crippen LogP contribution in [0, 0.1) is 5.92 Å². The standard InChI is InChI=1S/C20H43NO/c1-7-10-11-12-13-14-16-19(20(4,5)22-6)17-15-18-21(8-2)9-3/h19H,7-18H2,1-6H3. The van der Waals surface area contributed by atoms with Crippen LogP contribution in [0.3, 0.4) is 0 Å². The van der Waals surface area contributed by atoms with Crippen LogP contribution in [-0.4, -0.2) is 37.2 Å². The second-order valence-electron chi connectivity index (χ2n) is 7.23. The molecule has 0 radical (unpaired) electrons. The van der Waals surface area contributed by atoms with Gasteiger partial charge in [0.25, 0.3) is 0 Å². The molecule has 0 aromatic rings. The molecule has 0 saturated heterocycles. The second kappa shape index (κ2) is 13.4. The summed E-state index contributed by atoms with van der Waals surface area (Å²) in [6, 6.07) is 0. The van der Waals surface area contributed by atoms with Crippen molar-refractivity contribution < 1.29 is 4.74 Å². The van der Waals surface area contributed by atoms with E-state index in [1.165, 1.54) is 77.4 Å². The quantitative estimate of drug-likeness (QED) is 0.349. The third-order valence-electron chi connectivity index (χ3n) is 5.34. The lowest BCUT2D eigenvalue weighted by Crippen LogP contribution is -2.34. The van der Waals surface area contributed by atoms with Crippen molar-refractivity contribution in [2.75, 3.05) is 26.7 Å². The van der Waals surface area contributed by atoms with Crippen LogP contribution < -0.4 is 0 Å². The molecule has 0 N–H and O–H groups in total. The van der Waals surface area contributed by atoms with E-state index >= 15 is 0 Å². The molecular weight excluding hydrogens is 270 g/mol. The van der Waals surface area contributed by atoms with E-state index in [0.717, 1.165) is 0 Å². The number of nitrogens with zero attached hydrogens (tertiary/aromatic N) is 1. The number of hydrogen-bond acceptors (Lipinski definition) is 2. The molecule has 0 aromatic carbocycles. The Bertz CT molecular complexity index is 236. The van der Waals surface area contributed by atoms with E-state index in [0.29, 0.717) is 5.92 Å². The van der Waals surface area contributed by atoms with Crippen molar-refractivity contribution in [3.05, 3.63) is 0 Å². The van der Waals surface area contributed by atoms with Crippen molar-refractivity contribution >= 4 is 0 Å². The summed E-state index contributed by atoms with van der Waals surface area (Å²) in [5.41, 5.74) is 0.0205. The highest BCUT2D eigenvalue weighted by Crippen LogP contribution is 2.30. The summed E-state index contributed by atoms with van der Waals surface area (Å²) in [5.74, 6) is 0.694. The van der Waals surface area contributed by atoms with Gasteiger partial charge >= 0.3 is 0 Å². The molecule has 134 valence electrons. The molecule has 0 fully saturated rings. The number of rotatable bonds is 15. The van der Waals surface area contributed by atoms with E-state index in [2.05, 4.69) is 39.5 Å². The molecule has 0 bridgehead atoms. The molecule has 22 heavy (non-hydrogen) atoms. The maximum atomic E-state index is 5.79. The highest BCUT2D eigenvalue weighted by atomic mass is 16.5. The lowest BCUT2D eigenvalue weighted by molar-refractivity contribution is -0.0356. The fraction of sp³-hybridized carbons (Fsp3) is 1.00. The third-order valence-corrected chi connectivity index (χ3v) is 5.34. The Kier molecular flexibility index (Phi) is 13.3. The van der Waals surface area contributed by atoms with Crippen LogP contribution in [0.5, 0.6) is 0 Å². The van der Waals surface area contributed by atoms with Crippen LogP contribution in [0.2, 0.25) is 0 Å². The molecule has 0 spiro atoms. The molecule has 0 aliphatic carbocycles. The van der Waals surface area contributed by atoms with Crippen molar-refractivity contribution in [1.82, 2.24) is 4.90 Å². The van der Waals surface area contributed by atoms with Crippen LogP contribution in [0.1, 0.15) is 92.4 Å². The summed E-state index contributed by atoms with van der Waals surface area (Å²) < 4.78 is 5.79. The summed E-state index contributed by atoms with van der Waals surface area (Å²) in [6.45, 7) is 14.9. The first kappa shape index (κ1) is 21.9. The van der Waals surface area contributed by atoms with Crippen molar-refractivity contribution in [3.8, 4) is 0 Å². The van der Waals surface area contributed by atoms with Crippen LogP contribution in [-0.2, 0) is 4.74 Å². The van der Waals surface area contributed by atoms with Crippen LogP contribution in [0.25, 0.3) is 0 Å². The molecule has 1 unspecified atom stereocenters. The van der Waals surface area contributed by atoms with Crippen molar-refractivity contribution in [2.24, 2.45) is 5.92 Å². The number of methoxy groups -OCH3 is 1. The lowest BCUT2D eigenvalue weighted by Gasteiger charge is -2.34. The number of ether oxygens (including phenoxy) is 1. The van der Waals surface area contributed by atoms with E-state index in [9.17, 15) is 0 Å². The number of unbranched alkanes of at least 4 members (excludes halogenated alkanes) is 5. The summed E-state index contributed by atoms with van der Waals surface area (Å²) >= 11 is 0. The minimum Gasteiger partial charge on any atom is -0.379 e. The van der Waals surface area contributed by atoms with E-state index in [-0.39, 0.29) is 5.60 Å². The molecule has 0 amide bonds. The summed E-state index contributed by atoms with van der Waals surface area (Å²) in [5, 5.41) is 0. The molecule has 0 rings (SSSR count). The summed E-state index contributed by atoms with van der Waals surface area (Å²) in [4.78, 5) is 2.53. The van der Waals surface area contributed by atoms with Crippen LogP contribution in [0.4, 0.5) is 0 Å². The van der Waals surface area contributed by atoms with E-state index < -0.39 is 0 Å². The molecule has 2 heteroatoms. The average Bonchev–Trinajstić information content (AvgIpc) is 2.52. The van der Waals surface area contributed by atoms with Gasteiger partial charge < -0.3 is 9.64 Å². The van der Waals surface area contributed by atoms with Crippen molar-refractivity contribution in [1.29, 1.82) is 0 Å². The molecule has 0 aliphatic rings. The normalized spacial score (nSPS) is 13.8. The van der Waals surface area contributed by atoms with Crippen LogP contribution >= 0.6 is 0 Å². The minimum absolute atomic E-state index is 0.0205.